The van der Waals surface area contributed by atoms with E-state index in [1.165, 1.54) is 0 Å². The van der Waals surface area contributed by atoms with E-state index in [1.54, 1.807) is 29.2 Å². The molecule has 2 rings (SSSR count). The number of likely N-dealkylation sites (tertiary alicyclic amines) is 1. The van der Waals surface area contributed by atoms with Crippen LogP contribution in [0.25, 0.3) is 0 Å². The van der Waals surface area contributed by atoms with Crippen LogP contribution in [0.1, 0.15) is 37.6 Å². The summed E-state index contributed by atoms with van der Waals surface area (Å²) < 4.78 is 5.33. The molecule has 21 heavy (non-hydrogen) atoms. The van der Waals surface area contributed by atoms with E-state index in [2.05, 4.69) is 0 Å². The fourth-order valence-electron chi connectivity index (χ4n) is 2.41. The van der Waals surface area contributed by atoms with Crippen LogP contribution in [0.3, 0.4) is 0 Å². The van der Waals surface area contributed by atoms with Crippen LogP contribution in [0.4, 0.5) is 10.5 Å². The molecule has 1 saturated heterocycles. The Kier molecular flexibility index (Phi) is 4.21. The van der Waals surface area contributed by atoms with Gasteiger partial charge in [0.1, 0.15) is 5.60 Å². The quantitative estimate of drug-likeness (QED) is 0.671. The fourth-order valence-corrected chi connectivity index (χ4v) is 2.41. The topological polar surface area (TPSA) is 72.6 Å². The second-order valence-electron chi connectivity index (χ2n) is 6.36. The van der Waals surface area contributed by atoms with Crippen molar-refractivity contribution in [3.05, 3.63) is 29.8 Å². The van der Waals surface area contributed by atoms with Crippen LogP contribution in [0, 0.1) is 5.92 Å². The number of nitrogen functional groups attached to an aromatic ring is 1. The maximum absolute atomic E-state index is 12.5. The number of carbonyl (C=O) groups is 2. The van der Waals surface area contributed by atoms with E-state index < -0.39 is 5.60 Å². The van der Waals surface area contributed by atoms with Crippen LogP contribution in [-0.2, 0) is 4.74 Å². The molecule has 114 valence electrons. The third-order valence-corrected chi connectivity index (χ3v) is 3.44. The summed E-state index contributed by atoms with van der Waals surface area (Å²) in [5.41, 5.74) is 6.34. The summed E-state index contributed by atoms with van der Waals surface area (Å²) in [6, 6.07) is 7.04. The van der Waals surface area contributed by atoms with Gasteiger partial charge in [0.05, 0.1) is 0 Å². The van der Waals surface area contributed by atoms with Crippen molar-refractivity contribution in [1.82, 2.24) is 4.90 Å². The average Bonchev–Trinajstić information content (AvgIpc) is 2.86. The fraction of sp³-hybridized carbons (Fsp3) is 0.500. The molecule has 1 atom stereocenters. The zero-order valence-corrected chi connectivity index (χ0v) is 12.8. The number of para-hydroxylation sites is 1. The second kappa shape index (κ2) is 5.76. The van der Waals surface area contributed by atoms with E-state index >= 15 is 0 Å². The molecule has 1 heterocycles. The third kappa shape index (κ3) is 3.74. The number of ether oxygens (including phenoxy) is 1. The zero-order chi connectivity index (χ0) is 15.6. The lowest BCUT2D eigenvalue weighted by Crippen LogP contribution is -2.35. The van der Waals surface area contributed by atoms with Gasteiger partial charge in [-0.15, -0.1) is 0 Å². The van der Waals surface area contributed by atoms with Gasteiger partial charge in [0.2, 0.25) is 0 Å². The molecule has 0 aliphatic carbocycles. The molecule has 0 saturated carbocycles. The summed E-state index contributed by atoms with van der Waals surface area (Å²) in [4.78, 5) is 26.1. The zero-order valence-electron chi connectivity index (χ0n) is 12.8. The Hall–Kier alpha value is -2.04. The van der Waals surface area contributed by atoms with Crippen molar-refractivity contribution in [2.24, 2.45) is 5.92 Å². The molecular formula is C16H22N2O3. The number of hydrogen-bond acceptors (Lipinski definition) is 4. The number of hydrogen-bond donors (Lipinski definition) is 1. The number of ketones is 1. The molecule has 5 heteroatoms. The maximum Gasteiger partial charge on any atom is 0.410 e. The van der Waals surface area contributed by atoms with Crippen molar-refractivity contribution in [3.63, 3.8) is 0 Å². The van der Waals surface area contributed by atoms with Gasteiger partial charge in [0.15, 0.2) is 5.78 Å². The van der Waals surface area contributed by atoms with Gasteiger partial charge < -0.3 is 15.4 Å². The molecule has 2 N–H and O–H groups in total. The van der Waals surface area contributed by atoms with Crippen molar-refractivity contribution in [1.29, 1.82) is 0 Å². The summed E-state index contributed by atoms with van der Waals surface area (Å²) in [6.45, 7) is 6.41. The predicted molar refractivity (Wildman–Crippen MR) is 81.1 cm³/mol. The van der Waals surface area contributed by atoms with E-state index in [9.17, 15) is 9.59 Å². The second-order valence-corrected chi connectivity index (χ2v) is 6.36. The van der Waals surface area contributed by atoms with Crippen LogP contribution >= 0.6 is 0 Å². The summed E-state index contributed by atoms with van der Waals surface area (Å²) in [6.07, 6.45) is 0.283. The van der Waals surface area contributed by atoms with Gasteiger partial charge >= 0.3 is 6.09 Å². The number of rotatable bonds is 2. The summed E-state index contributed by atoms with van der Waals surface area (Å²) >= 11 is 0. The van der Waals surface area contributed by atoms with Gasteiger partial charge in [-0.05, 0) is 39.3 Å². The molecule has 0 spiro atoms. The normalized spacial score (nSPS) is 18.6. The Morgan fingerprint density at radius 1 is 1.29 bits per heavy atom. The molecule has 0 radical (unpaired) electrons. The molecule has 1 aliphatic heterocycles. The van der Waals surface area contributed by atoms with Gasteiger partial charge in [-0.3, -0.25) is 4.79 Å². The number of nitrogens with two attached hydrogens (primary N) is 1. The summed E-state index contributed by atoms with van der Waals surface area (Å²) in [5, 5.41) is 0. The van der Waals surface area contributed by atoms with E-state index in [0.29, 0.717) is 30.8 Å². The minimum absolute atomic E-state index is 0.000779. The largest absolute Gasteiger partial charge is 0.444 e. The van der Waals surface area contributed by atoms with Crippen LogP contribution < -0.4 is 5.73 Å². The van der Waals surface area contributed by atoms with Crippen molar-refractivity contribution in [2.75, 3.05) is 18.8 Å². The highest BCUT2D eigenvalue weighted by Gasteiger charge is 2.34. The van der Waals surface area contributed by atoms with Crippen molar-refractivity contribution < 1.29 is 14.3 Å². The third-order valence-electron chi connectivity index (χ3n) is 3.44. The molecular weight excluding hydrogens is 268 g/mol. The van der Waals surface area contributed by atoms with Crippen molar-refractivity contribution >= 4 is 17.6 Å². The minimum Gasteiger partial charge on any atom is -0.444 e. The summed E-state index contributed by atoms with van der Waals surface area (Å²) in [7, 11) is 0. The molecule has 1 aliphatic rings. The lowest BCUT2D eigenvalue weighted by Gasteiger charge is -2.24. The Morgan fingerprint density at radius 2 is 1.95 bits per heavy atom. The molecule has 1 aromatic rings. The first-order valence-electron chi connectivity index (χ1n) is 7.14. The number of anilines is 1. The van der Waals surface area contributed by atoms with Crippen LogP contribution in [0.5, 0.6) is 0 Å². The Bertz CT molecular complexity index is 549. The number of carbonyl (C=O) groups excluding carboxylic acids is 2. The standard InChI is InChI=1S/C16H22N2O3/c1-16(2,3)21-15(20)18-9-8-11(10-18)14(19)12-6-4-5-7-13(12)17/h4-7,11H,8-10,17H2,1-3H3. The highest BCUT2D eigenvalue weighted by atomic mass is 16.6. The van der Waals surface area contributed by atoms with Crippen LogP contribution in [0.2, 0.25) is 0 Å². The van der Waals surface area contributed by atoms with Gasteiger partial charge in [0.25, 0.3) is 0 Å². The average molecular weight is 290 g/mol. The van der Waals surface area contributed by atoms with Gasteiger partial charge in [-0.25, -0.2) is 4.79 Å². The smallest absolute Gasteiger partial charge is 0.410 e. The first-order valence-corrected chi connectivity index (χ1v) is 7.14. The lowest BCUT2D eigenvalue weighted by atomic mass is 9.96. The first-order chi connectivity index (χ1) is 9.78. The minimum atomic E-state index is -0.525. The van der Waals surface area contributed by atoms with Gasteiger partial charge in [-0.1, -0.05) is 12.1 Å². The van der Waals surface area contributed by atoms with E-state index in [1.807, 2.05) is 20.8 Å². The highest BCUT2D eigenvalue weighted by molar-refractivity contribution is 6.02. The maximum atomic E-state index is 12.5. The SMILES string of the molecule is CC(C)(C)OC(=O)N1CCC(C(=O)c2ccccc2N)C1. The first kappa shape index (κ1) is 15.4. The Morgan fingerprint density at radius 3 is 2.57 bits per heavy atom. The molecule has 0 aromatic heterocycles. The molecule has 5 nitrogen and oxygen atoms in total. The number of nitrogens with zero attached hydrogens (tertiary/aromatic N) is 1. The van der Waals surface area contributed by atoms with Crippen LogP contribution in [0.15, 0.2) is 24.3 Å². The van der Waals surface area contributed by atoms with Crippen molar-refractivity contribution in [2.45, 2.75) is 32.8 Å². The molecule has 1 aromatic carbocycles. The highest BCUT2D eigenvalue weighted by Crippen LogP contribution is 2.25. The van der Waals surface area contributed by atoms with E-state index in [-0.39, 0.29) is 17.8 Å². The molecule has 1 unspecified atom stereocenters. The summed E-state index contributed by atoms with van der Waals surface area (Å²) in [5.74, 6) is -0.207. The molecule has 0 bridgehead atoms. The number of benzene rings is 1. The van der Waals surface area contributed by atoms with Gasteiger partial charge in [0, 0.05) is 30.3 Å². The van der Waals surface area contributed by atoms with Crippen molar-refractivity contribution in [3.8, 4) is 0 Å². The monoisotopic (exact) mass is 290 g/mol. The number of Topliss-reactive ketones (excluding diaryl/α,β-unsaturated/α-hetero) is 1. The lowest BCUT2D eigenvalue weighted by molar-refractivity contribution is 0.0289. The predicted octanol–water partition coefficient (Wildman–Crippen LogP) is 2.71. The Balaban J connectivity index is 2.01. The number of amides is 1. The Labute approximate surface area is 125 Å². The van der Waals surface area contributed by atoms with Crippen LogP contribution in [-0.4, -0.2) is 35.5 Å². The van der Waals surface area contributed by atoms with E-state index in [0.717, 1.165) is 0 Å². The molecule has 1 fully saturated rings. The molecule has 1 amide bonds. The van der Waals surface area contributed by atoms with Gasteiger partial charge in [-0.2, -0.15) is 0 Å². The van der Waals surface area contributed by atoms with E-state index in [4.69, 9.17) is 10.5 Å².